The van der Waals surface area contributed by atoms with Crippen LogP contribution in [0.3, 0.4) is 0 Å². The van der Waals surface area contributed by atoms with Crippen molar-refractivity contribution in [3.63, 3.8) is 0 Å². The number of benzene rings is 1. The molecule has 1 amide bonds. The summed E-state index contributed by atoms with van der Waals surface area (Å²) in [6, 6.07) is 8.10. The van der Waals surface area contributed by atoms with Crippen LogP contribution in [0.25, 0.3) is 0 Å². The Balaban J connectivity index is 1.83. The lowest BCUT2D eigenvalue weighted by Gasteiger charge is -2.39. The maximum Gasteiger partial charge on any atom is 0.240 e. The average molecular weight is 502 g/mol. The van der Waals surface area contributed by atoms with Gasteiger partial charge in [0.25, 0.3) is 0 Å². The van der Waals surface area contributed by atoms with Gasteiger partial charge < -0.3 is 15.1 Å². The van der Waals surface area contributed by atoms with Gasteiger partial charge >= 0.3 is 0 Å². The summed E-state index contributed by atoms with van der Waals surface area (Å²) in [4.78, 5) is 53.9. The molecule has 1 aliphatic carbocycles. The monoisotopic (exact) mass is 501 g/mol. The van der Waals surface area contributed by atoms with Crippen LogP contribution >= 0.6 is 0 Å². The first-order chi connectivity index (χ1) is 17.0. The number of hydrogen-bond donors (Lipinski definition) is 2. The number of aliphatic hydroxyl groups is 2. The third-order valence-electron chi connectivity index (χ3n) is 7.95. The van der Waals surface area contributed by atoms with Crippen LogP contribution in [0.15, 0.2) is 35.5 Å². The number of rotatable bonds is 12. The summed E-state index contributed by atoms with van der Waals surface area (Å²) in [5, 5.41) is 22.8. The van der Waals surface area contributed by atoms with Gasteiger partial charge in [0.2, 0.25) is 17.5 Å². The molecule has 0 aromatic heterocycles. The maximum absolute atomic E-state index is 13.8. The largest absolute Gasteiger partial charge is 0.366 e. The Bertz CT molecular complexity index is 950. The number of nitroso groups, excluding NO2 is 1. The Kier molecular flexibility index (Phi) is 9.13. The summed E-state index contributed by atoms with van der Waals surface area (Å²) in [5.41, 5.74) is -0.560. The zero-order chi connectivity index (χ0) is 26.6. The average Bonchev–Trinajstić information content (AvgIpc) is 3.46. The van der Waals surface area contributed by atoms with Crippen molar-refractivity contribution < 1.29 is 24.6 Å². The summed E-state index contributed by atoms with van der Waals surface area (Å²) in [6.07, 6.45) is 3.00. The lowest BCUT2D eigenvalue weighted by molar-refractivity contribution is -0.153. The van der Waals surface area contributed by atoms with E-state index in [0.29, 0.717) is 12.8 Å². The Morgan fingerprint density at radius 2 is 1.81 bits per heavy atom. The number of fused-ring (bicyclic) bond motifs is 1. The quantitative estimate of drug-likeness (QED) is 0.256. The molecule has 2 fully saturated rings. The predicted octanol–water partition coefficient (Wildman–Crippen LogP) is 2.46. The zero-order valence-electron chi connectivity index (χ0n) is 21.7. The van der Waals surface area contributed by atoms with Gasteiger partial charge in [0.15, 0.2) is 11.8 Å². The first kappa shape index (κ1) is 28.1. The lowest BCUT2D eigenvalue weighted by Crippen LogP contribution is -2.57. The Labute approximate surface area is 212 Å². The second kappa shape index (κ2) is 11.7. The molecule has 1 aliphatic heterocycles. The van der Waals surface area contributed by atoms with Gasteiger partial charge in [-0.2, -0.15) is 0 Å². The molecule has 36 heavy (non-hydrogen) atoms. The summed E-state index contributed by atoms with van der Waals surface area (Å²) < 4.78 is 0. The number of aryl methyl sites for hydroxylation is 1. The van der Waals surface area contributed by atoms with Crippen molar-refractivity contribution >= 4 is 17.5 Å². The van der Waals surface area contributed by atoms with E-state index in [1.807, 2.05) is 37.3 Å². The first-order valence-electron chi connectivity index (χ1n) is 12.9. The van der Waals surface area contributed by atoms with Gasteiger partial charge in [-0.15, -0.1) is 4.91 Å². The molecule has 1 heterocycles. The van der Waals surface area contributed by atoms with E-state index >= 15 is 0 Å². The number of nitrogens with zero attached hydrogens (tertiary/aromatic N) is 3. The molecule has 2 aliphatic rings. The summed E-state index contributed by atoms with van der Waals surface area (Å²) in [6.45, 7) is 5.89. The highest BCUT2D eigenvalue weighted by Crippen LogP contribution is 2.42. The number of amides is 1. The van der Waals surface area contributed by atoms with Crippen LogP contribution in [0.4, 0.5) is 0 Å². The fraction of sp³-hybridized carbons (Fsp3) is 0.667. The summed E-state index contributed by atoms with van der Waals surface area (Å²) in [5.74, 6) is -1.70. The molecular formula is C27H39N3O6. The van der Waals surface area contributed by atoms with Crippen molar-refractivity contribution in [1.82, 2.24) is 9.80 Å². The molecule has 3 rings (SSSR count). The Hall–Kier alpha value is -2.49. The van der Waals surface area contributed by atoms with Gasteiger partial charge in [-0.25, -0.2) is 0 Å². The number of carbonyl (C=O) groups excluding carboxylic acids is 3. The fourth-order valence-electron chi connectivity index (χ4n) is 5.76. The van der Waals surface area contributed by atoms with Crippen molar-refractivity contribution in [3.05, 3.63) is 40.8 Å². The standard InChI is InChI=1S/C27H39N3O6/c1-17(13-14-19-9-6-5-7-10-19)29(16-23(31)24(32)27(3,4)28-36)18(2)25(33)30-21-12-8-11-20(21)15-22(30)26(34)35/h5-7,9-10,17-18,20-22,26,34-35H,8,11-16H2,1-4H3. The molecule has 1 saturated heterocycles. The molecule has 9 heteroatoms. The molecule has 2 N–H and O–H groups in total. The van der Waals surface area contributed by atoms with Gasteiger partial charge in [0.1, 0.15) is 0 Å². The molecule has 9 nitrogen and oxygen atoms in total. The van der Waals surface area contributed by atoms with E-state index in [1.54, 1.807) is 16.7 Å². The number of aliphatic hydroxyl groups excluding tert-OH is 1. The van der Waals surface area contributed by atoms with E-state index in [2.05, 4.69) is 5.18 Å². The highest BCUT2D eigenvalue weighted by atomic mass is 16.5. The van der Waals surface area contributed by atoms with Crippen LogP contribution in [0.5, 0.6) is 0 Å². The zero-order valence-corrected chi connectivity index (χ0v) is 21.7. The molecule has 198 valence electrons. The Morgan fingerprint density at radius 1 is 1.14 bits per heavy atom. The van der Waals surface area contributed by atoms with Crippen molar-refractivity contribution in [2.45, 2.75) is 102 Å². The molecule has 0 radical (unpaired) electrons. The molecule has 1 saturated carbocycles. The molecule has 5 atom stereocenters. The smallest absolute Gasteiger partial charge is 0.240 e. The van der Waals surface area contributed by atoms with Crippen LogP contribution < -0.4 is 0 Å². The number of carbonyl (C=O) groups is 3. The van der Waals surface area contributed by atoms with E-state index in [-0.39, 0.29) is 30.5 Å². The fourth-order valence-corrected chi connectivity index (χ4v) is 5.76. The van der Waals surface area contributed by atoms with Crippen molar-refractivity contribution in [2.75, 3.05) is 6.54 Å². The highest BCUT2D eigenvalue weighted by molar-refractivity contribution is 6.41. The molecule has 0 bridgehead atoms. The molecule has 0 spiro atoms. The van der Waals surface area contributed by atoms with E-state index in [4.69, 9.17) is 0 Å². The molecule has 5 unspecified atom stereocenters. The highest BCUT2D eigenvalue weighted by Gasteiger charge is 2.50. The number of ketones is 2. The third-order valence-corrected chi connectivity index (χ3v) is 7.95. The number of likely N-dealkylation sites (tertiary alicyclic amines) is 1. The normalized spacial score (nSPS) is 23.6. The minimum absolute atomic E-state index is 0.0521. The second-order valence-corrected chi connectivity index (χ2v) is 10.8. The van der Waals surface area contributed by atoms with Crippen LogP contribution in [0.2, 0.25) is 0 Å². The van der Waals surface area contributed by atoms with Crippen molar-refractivity contribution in [3.8, 4) is 0 Å². The van der Waals surface area contributed by atoms with Crippen molar-refractivity contribution in [2.24, 2.45) is 11.1 Å². The lowest BCUT2D eigenvalue weighted by atomic mass is 9.95. The third kappa shape index (κ3) is 6.07. The van der Waals surface area contributed by atoms with Gasteiger partial charge in [0, 0.05) is 12.1 Å². The van der Waals surface area contributed by atoms with Gasteiger partial charge in [-0.3, -0.25) is 19.3 Å². The van der Waals surface area contributed by atoms with Gasteiger partial charge in [0.05, 0.1) is 18.6 Å². The van der Waals surface area contributed by atoms with Crippen LogP contribution in [0.1, 0.15) is 65.4 Å². The van der Waals surface area contributed by atoms with E-state index < -0.39 is 35.5 Å². The molecule has 1 aromatic rings. The SMILES string of the molecule is CC(CCc1ccccc1)N(CC(=O)C(=O)C(C)(C)N=O)C(C)C(=O)N1C(C(O)O)CC2CCCC21. The minimum atomic E-state index is -1.68. The maximum atomic E-state index is 13.8. The van der Waals surface area contributed by atoms with E-state index in [9.17, 15) is 29.5 Å². The minimum Gasteiger partial charge on any atom is -0.366 e. The van der Waals surface area contributed by atoms with E-state index in [0.717, 1.165) is 31.2 Å². The van der Waals surface area contributed by atoms with Gasteiger partial charge in [-0.1, -0.05) is 41.9 Å². The Morgan fingerprint density at radius 3 is 2.42 bits per heavy atom. The number of Topliss-reactive ketones (excluding diaryl/α,β-unsaturated/α-hetero) is 2. The van der Waals surface area contributed by atoms with E-state index in [1.165, 1.54) is 13.8 Å². The van der Waals surface area contributed by atoms with Gasteiger partial charge in [-0.05, 0) is 71.3 Å². The summed E-state index contributed by atoms with van der Waals surface area (Å²) in [7, 11) is 0. The second-order valence-electron chi connectivity index (χ2n) is 10.8. The summed E-state index contributed by atoms with van der Waals surface area (Å²) >= 11 is 0. The van der Waals surface area contributed by atoms with Crippen LogP contribution in [-0.2, 0) is 20.8 Å². The van der Waals surface area contributed by atoms with Crippen LogP contribution in [-0.4, -0.2) is 80.0 Å². The van der Waals surface area contributed by atoms with Crippen LogP contribution in [0, 0.1) is 10.8 Å². The first-order valence-corrected chi connectivity index (χ1v) is 12.9. The predicted molar refractivity (Wildman–Crippen MR) is 135 cm³/mol. The number of hydrogen-bond acceptors (Lipinski definition) is 8. The molecular weight excluding hydrogens is 462 g/mol. The molecule has 1 aromatic carbocycles. The topological polar surface area (TPSA) is 128 Å². The van der Waals surface area contributed by atoms with Crippen molar-refractivity contribution in [1.29, 1.82) is 0 Å².